The smallest absolute Gasteiger partial charge is 0.231 e. The van der Waals surface area contributed by atoms with Crippen LogP contribution in [0.25, 0.3) is 0 Å². The topological polar surface area (TPSA) is 63.7 Å². The van der Waals surface area contributed by atoms with Crippen LogP contribution in [0.1, 0.15) is 6.92 Å². The minimum Gasteiger partial charge on any atom is -0.454 e. The van der Waals surface area contributed by atoms with Crippen molar-refractivity contribution in [3.05, 3.63) is 36.5 Å². The average molecular weight is 285 g/mol. The Balaban J connectivity index is 2.03. The summed E-state index contributed by atoms with van der Waals surface area (Å²) < 4.78 is 10.6. The first-order valence-corrected chi connectivity index (χ1v) is 6.53. The van der Waals surface area contributed by atoms with Crippen molar-refractivity contribution >= 4 is 23.1 Å². The van der Waals surface area contributed by atoms with E-state index in [1.165, 1.54) is 11.8 Å². The number of amides is 1. The van der Waals surface area contributed by atoms with Gasteiger partial charge in [0, 0.05) is 38.0 Å². The highest BCUT2D eigenvalue weighted by atomic mass is 16.7. The number of nitrogens with one attached hydrogen (secondary N) is 1. The summed E-state index contributed by atoms with van der Waals surface area (Å²) in [7, 11) is 1.82. The minimum atomic E-state index is -0.130. The zero-order valence-corrected chi connectivity index (χ0v) is 11.8. The molecule has 3 rings (SSSR count). The summed E-state index contributed by atoms with van der Waals surface area (Å²) in [5.41, 5.74) is 1.57. The van der Waals surface area contributed by atoms with Gasteiger partial charge >= 0.3 is 0 Å². The van der Waals surface area contributed by atoms with Gasteiger partial charge in [-0.15, -0.1) is 0 Å². The number of hydrogen-bond donors (Lipinski definition) is 1. The first-order chi connectivity index (χ1) is 10.2. The van der Waals surface area contributed by atoms with Gasteiger partial charge in [0.05, 0.1) is 5.69 Å². The van der Waals surface area contributed by atoms with Crippen LogP contribution in [0.15, 0.2) is 36.5 Å². The zero-order chi connectivity index (χ0) is 14.8. The van der Waals surface area contributed by atoms with E-state index in [1.54, 1.807) is 18.3 Å². The Kier molecular flexibility index (Phi) is 3.35. The van der Waals surface area contributed by atoms with E-state index < -0.39 is 0 Å². The fourth-order valence-electron chi connectivity index (χ4n) is 2.20. The third-order valence-corrected chi connectivity index (χ3v) is 3.19. The summed E-state index contributed by atoms with van der Waals surface area (Å²) in [5, 5.41) is 3.03. The van der Waals surface area contributed by atoms with Gasteiger partial charge in [-0.1, -0.05) is 0 Å². The molecule has 21 heavy (non-hydrogen) atoms. The lowest BCUT2D eigenvalue weighted by Crippen LogP contribution is -2.23. The maximum atomic E-state index is 12.0. The molecule has 0 spiro atoms. The molecule has 1 aliphatic heterocycles. The van der Waals surface area contributed by atoms with Crippen LogP contribution in [0.4, 0.5) is 17.2 Å². The summed E-state index contributed by atoms with van der Waals surface area (Å²) >= 11 is 0. The third-order valence-electron chi connectivity index (χ3n) is 3.19. The molecule has 2 aromatic rings. The first kappa shape index (κ1) is 13.2. The Labute approximate surface area is 122 Å². The Morgan fingerprint density at radius 1 is 1.24 bits per heavy atom. The Bertz CT molecular complexity index is 688. The summed E-state index contributed by atoms with van der Waals surface area (Å²) in [6, 6.07) is 9.02. The second kappa shape index (κ2) is 5.32. The number of carbonyl (C=O) groups is 1. The van der Waals surface area contributed by atoms with E-state index in [2.05, 4.69) is 10.3 Å². The van der Waals surface area contributed by atoms with Crippen molar-refractivity contribution in [1.82, 2.24) is 4.98 Å². The fraction of sp³-hybridized carbons (Fsp3) is 0.200. The van der Waals surface area contributed by atoms with Crippen LogP contribution < -0.4 is 19.7 Å². The number of nitrogens with zero attached hydrogens (tertiary/aromatic N) is 2. The van der Waals surface area contributed by atoms with Crippen molar-refractivity contribution in [3.8, 4) is 11.5 Å². The van der Waals surface area contributed by atoms with E-state index in [0.29, 0.717) is 23.0 Å². The SMILES string of the molecule is CNc1ccnc(N(C(C)=O)c2ccc3c(c2)OCO3)c1. The van der Waals surface area contributed by atoms with E-state index in [-0.39, 0.29) is 12.7 Å². The van der Waals surface area contributed by atoms with Crippen molar-refractivity contribution in [2.24, 2.45) is 0 Å². The maximum Gasteiger partial charge on any atom is 0.231 e. The molecular weight excluding hydrogens is 270 g/mol. The molecule has 1 aromatic carbocycles. The highest BCUT2D eigenvalue weighted by molar-refractivity contribution is 5.98. The molecule has 0 atom stereocenters. The van der Waals surface area contributed by atoms with Crippen molar-refractivity contribution in [3.63, 3.8) is 0 Å². The van der Waals surface area contributed by atoms with Gasteiger partial charge in [-0.05, 0) is 18.2 Å². The van der Waals surface area contributed by atoms with Gasteiger partial charge < -0.3 is 14.8 Å². The van der Waals surface area contributed by atoms with Gasteiger partial charge in [0.2, 0.25) is 12.7 Å². The second-order valence-electron chi connectivity index (χ2n) is 4.54. The molecule has 2 heterocycles. The molecule has 0 saturated heterocycles. The predicted octanol–water partition coefficient (Wildman–Crippen LogP) is 2.54. The molecule has 0 aliphatic carbocycles. The van der Waals surface area contributed by atoms with Crippen LogP contribution in [0.2, 0.25) is 0 Å². The Hall–Kier alpha value is -2.76. The van der Waals surface area contributed by atoms with Crippen LogP contribution in [-0.2, 0) is 4.79 Å². The monoisotopic (exact) mass is 285 g/mol. The number of aromatic nitrogens is 1. The standard InChI is InChI=1S/C15H15N3O3/c1-10(19)18(15-7-11(16-2)5-6-17-15)12-3-4-13-14(8-12)21-9-20-13/h3-8H,9H2,1-2H3,(H,16,17). The number of carbonyl (C=O) groups excluding carboxylic acids is 1. The van der Waals surface area contributed by atoms with E-state index in [9.17, 15) is 4.79 Å². The fourth-order valence-corrected chi connectivity index (χ4v) is 2.20. The van der Waals surface area contributed by atoms with Crippen LogP contribution in [0.5, 0.6) is 11.5 Å². The number of hydrogen-bond acceptors (Lipinski definition) is 5. The lowest BCUT2D eigenvalue weighted by molar-refractivity contribution is -0.115. The van der Waals surface area contributed by atoms with Gasteiger partial charge in [-0.2, -0.15) is 0 Å². The molecule has 0 fully saturated rings. The minimum absolute atomic E-state index is 0.130. The van der Waals surface area contributed by atoms with Gasteiger partial charge in [0.25, 0.3) is 0 Å². The van der Waals surface area contributed by atoms with Crippen LogP contribution in [0.3, 0.4) is 0 Å². The van der Waals surface area contributed by atoms with Crippen LogP contribution in [0, 0.1) is 0 Å². The second-order valence-corrected chi connectivity index (χ2v) is 4.54. The molecule has 0 radical (unpaired) electrons. The van der Waals surface area contributed by atoms with Crippen LogP contribution in [-0.4, -0.2) is 24.7 Å². The van der Waals surface area contributed by atoms with E-state index in [4.69, 9.17) is 9.47 Å². The first-order valence-electron chi connectivity index (χ1n) is 6.53. The lowest BCUT2D eigenvalue weighted by Gasteiger charge is -2.21. The molecule has 1 aliphatic rings. The van der Waals surface area contributed by atoms with Gasteiger partial charge in [0.1, 0.15) is 5.82 Å². The summed E-state index contributed by atoms with van der Waals surface area (Å²) in [6.07, 6.45) is 1.66. The van der Waals surface area contributed by atoms with Gasteiger partial charge in [-0.3, -0.25) is 9.69 Å². The molecule has 1 aromatic heterocycles. The molecular formula is C15H15N3O3. The normalized spacial score (nSPS) is 12.1. The van der Waals surface area contributed by atoms with E-state index >= 15 is 0 Å². The molecule has 0 saturated carbocycles. The number of anilines is 3. The van der Waals surface area contributed by atoms with Crippen molar-refractivity contribution in [2.75, 3.05) is 24.1 Å². The number of fused-ring (bicyclic) bond motifs is 1. The summed E-state index contributed by atoms with van der Waals surface area (Å²) in [4.78, 5) is 17.8. The number of pyridine rings is 1. The van der Waals surface area contributed by atoms with Gasteiger partial charge in [-0.25, -0.2) is 4.98 Å². The maximum absolute atomic E-state index is 12.0. The molecule has 6 heteroatoms. The quantitative estimate of drug-likeness (QED) is 0.939. The molecule has 1 amide bonds. The third kappa shape index (κ3) is 2.47. The van der Waals surface area contributed by atoms with Crippen molar-refractivity contribution in [2.45, 2.75) is 6.92 Å². The van der Waals surface area contributed by atoms with E-state index in [1.807, 2.05) is 25.2 Å². The number of benzene rings is 1. The van der Waals surface area contributed by atoms with Gasteiger partial charge in [0.15, 0.2) is 11.5 Å². The highest BCUT2D eigenvalue weighted by Crippen LogP contribution is 2.37. The Morgan fingerprint density at radius 3 is 2.81 bits per heavy atom. The van der Waals surface area contributed by atoms with Crippen molar-refractivity contribution in [1.29, 1.82) is 0 Å². The Morgan fingerprint density at radius 2 is 2.05 bits per heavy atom. The summed E-state index contributed by atoms with van der Waals surface area (Å²) in [6.45, 7) is 1.70. The molecule has 0 unspecified atom stereocenters. The lowest BCUT2D eigenvalue weighted by atomic mass is 10.2. The summed E-state index contributed by atoms with van der Waals surface area (Å²) in [5.74, 6) is 1.73. The van der Waals surface area contributed by atoms with Crippen molar-refractivity contribution < 1.29 is 14.3 Å². The molecule has 0 bridgehead atoms. The number of rotatable bonds is 3. The van der Waals surface area contributed by atoms with E-state index in [0.717, 1.165) is 5.69 Å². The number of ether oxygens (including phenoxy) is 2. The average Bonchev–Trinajstić information content (AvgIpc) is 2.95. The molecule has 1 N–H and O–H groups in total. The zero-order valence-electron chi connectivity index (χ0n) is 11.8. The van der Waals surface area contributed by atoms with Crippen LogP contribution >= 0.6 is 0 Å². The molecule has 6 nitrogen and oxygen atoms in total. The highest BCUT2D eigenvalue weighted by Gasteiger charge is 2.20. The molecule has 108 valence electrons. The predicted molar refractivity (Wildman–Crippen MR) is 79.2 cm³/mol. The largest absolute Gasteiger partial charge is 0.454 e.